The van der Waals surface area contributed by atoms with Crippen LogP contribution in [0.3, 0.4) is 0 Å². The Kier molecular flexibility index (Phi) is 10.4. The largest absolute Gasteiger partial charge is 0.457 e. The van der Waals surface area contributed by atoms with Gasteiger partial charge in [-0.1, -0.05) is 39.0 Å². The maximum absolute atomic E-state index is 11.2. The molecule has 1 aliphatic rings. The fourth-order valence-corrected chi connectivity index (χ4v) is 2.75. The second-order valence-electron chi connectivity index (χ2n) is 6.19. The minimum atomic E-state index is -1.24. The van der Waals surface area contributed by atoms with E-state index in [1.54, 1.807) is 0 Å². The van der Waals surface area contributed by atoms with Crippen molar-refractivity contribution >= 4 is 5.97 Å². The Bertz CT molecular complexity index is 350. The lowest BCUT2D eigenvalue weighted by molar-refractivity contribution is -0.304. The number of rotatable bonds is 11. The highest BCUT2D eigenvalue weighted by Crippen LogP contribution is 2.25. The molecule has 0 aromatic rings. The zero-order valence-corrected chi connectivity index (χ0v) is 15.0. The molecule has 0 aliphatic carbocycles. The van der Waals surface area contributed by atoms with Gasteiger partial charge in [-0.15, -0.1) is 0 Å². The number of carbonyl (C=O) groups excluding carboxylic acids is 1. The van der Waals surface area contributed by atoms with Crippen molar-refractivity contribution in [1.29, 1.82) is 0 Å². The molecular weight excluding hydrogens is 316 g/mol. The van der Waals surface area contributed by atoms with Gasteiger partial charge in [0.05, 0.1) is 6.61 Å². The molecule has 0 aromatic carbocycles. The molecule has 0 unspecified atom stereocenters. The standard InChI is InChI=1S/C17H32O7/c1-4-5-6-7-8-9-10-22-17-15(20)16(23-12(2)18)14(19)13(24-17)11-21-3/h13-17,19-20H,4-11H2,1-3H3/t13-,14-,15-,16+,17-/m1/s1. The summed E-state index contributed by atoms with van der Waals surface area (Å²) >= 11 is 0. The third kappa shape index (κ3) is 7.03. The topological polar surface area (TPSA) is 94.5 Å². The van der Waals surface area contributed by atoms with E-state index in [0.29, 0.717) is 6.61 Å². The van der Waals surface area contributed by atoms with Gasteiger partial charge in [0.1, 0.15) is 18.3 Å². The average molecular weight is 348 g/mol. The number of ether oxygens (including phenoxy) is 4. The fraction of sp³-hybridized carbons (Fsp3) is 0.941. The summed E-state index contributed by atoms with van der Waals surface area (Å²) < 4.78 is 21.2. The number of methoxy groups -OCH3 is 1. The minimum Gasteiger partial charge on any atom is -0.457 e. The van der Waals surface area contributed by atoms with Gasteiger partial charge < -0.3 is 29.2 Å². The molecule has 1 aliphatic heterocycles. The van der Waals surface area contributed by atoms with Gasteiger partial charge in [-0.3, -0.25) is 4.79 Å². The highest BCUT2D eigenvalue weighted by atomic mass is 16.7. The van der Waals surface area contributed by atoms with Crippen LogP contribution in [0.4, 0.5) is 0 Å². The highest BCUT2D eigenvalue weighted by Gasteiger charge is 2.47. The van der Waals surface area contributed by atoms with Crippen LogP contribution in [0.15, 0.2) is 0 Å². The lowest BCUT2D eigenvalue weighted by atomic mass is 9.99. The third-order valence-electron chi connectivity index (χ3n) is 4.05. The van der Waals surface area contributed by atoms with Gasteiger partial charge in [0, 0.05) is 20.6 Å². The summed E-state index contributed by atoms with van der Waals surface area (Å²) in [7, 11) is 1.48. The van der Waals surface area contributed by atoms with Gasteiger partial charge in [-0.2, -0.15) is 0 Å². The van der Waals surface area contributed by atoms with E-state index in [4.69, 9.17) is 18.9 Å². The Morgan fingerprint density at radius 2 is 1.75 bits per heavy atom. The number of aliphatic hydroxyl groups excluding tert-OH is 2. The van der Waals surface area contributed by atoms with Crippen LogP contribution in [0.2, 0.25) is 0 Å². The van der Waals surface area contributed by atoms with Gasteiger partial charge >= 0.3 is 5.97 Å². The zero-order valence-electron chi connectivity index (χ0n) is 15.0. The first-order valence-electron chi connectivity index (χ1n) is 8.80. The Morgan fingerprint density at radius 3 is 2.38 bits per heavy atom. The van der Waals surface area contributed by atoms with Crippen LogP contribution in [-0.4, -0.2) is 67.2 Å². The molecule has 0 saturated carbocycles. The molecule has 2 N–H and O–H groups in total. The second kappa shape index (κ2) is 11.8. The van der Waals surface area contributed by atoms with Gasteiger partial charge in [0.25, 0.3) is 0 Å². The van der Waals surface area contributed by atoms with Crippen LogP contribution in [0.1, 0.15) is 52.4 Å². The summed E-state index contributed by atoms with van der Waals surface area (Å²) in [5, 5.41) is 20.5. The lowest BCUT2D eigenvalue weighted by Gasteiger charge is -2.41. The fourth-order valence-electron chi connectivity index (χ4n) is 2.75. The molecule has 7 heteroatoms. The molecule has 0 bridgehead atoms. The zero-order chi connectivity index (χ0) is 17.9. The molecule has 0 aromatic heterocycles. The van der Waals surface area contributed by atoms with Crippen molar-refractivity contribution in [2.24, 2.45) is 0 Å². The van der Waals surface area contributed by atoms with Crippen LogP contribution in [0, 0.1) is 0 Å². The van der Waals surface area contributed by atoms with E-state index in [2.05, 4.69) is 6.92 Å². The normalized spacial score (nSPS) is 30.3. The van der Waals surface area contributed by atoms with Gasteiger partial charge in [0.2, 0.25) is 0 Å². The lowest BCUT2D eigenvalue weighted by Crippen LogP contribution is -2.60. The summed E-state index contributed by atoms with van der Waals surface area (Å²) in [5.74, 6) is -0.578. The highest BCUT2D eigenvalue weighted by molar-refractivity contribution is 5.66. The van der Waals surface area contributed by atoms with Gasteiger partial charge in [-0.05, 0) is 6.42 Å². The molecule has 7 nitrogen and oxygen atoms in total. The quantitative estimate of drug-likeness (QED) is 0.430. The number of hydrogen-bond acceptors (Lipinski definition) is 7. The number of hydrogen-bond donors (Lipinski definition) is 2. The summed E-state index contributed by atoms with van der Waals surface area (Å²) in [5.41, 5.74) is 0. The molecule has 1 fully saturated rings. The number of carbonyl (C=O) groups is 1. The van der Waals surface area contributed by atoms with E-state index < -0.39 is 36.7 Å². The molecular formula is C17H32O7. The van der Waals surface area contributed by atoms with Crippen LogP contribution >= 0.6 is 0 Å². The summed E-state index contributed by atoms with van der Waals surface area (Å²) in [6, 6.07) is 0. The first kappa shape index (κ1) is 21.3. The van der Waals surface area contributed by atoms with Crippen molar-refractivity contribution in [1.82, 2.24) is 0 Å². The van der Waals surface area contributed by atoms with Crippen LogP contribution in [-0.2, 0) is 23.7 Å². The molecule has 24 heavy (non-hydrogen) atoms. The molecule has 5 atom stereocenters. The Labute approximate surface area is 144 Å². The monoisotopic (exact) mass is 348 g/mol. The number of unbranched alkanes of at least 4 members (excludes halogenated alkanes) is 5. The van der Waals surface area contributed by atoms with E-state index in [1.165, 1.54) is 33.3 Å². The third-order valence-corrected chi connectivity index (χ3v) is 4.05. The molecule has 0 spiro atoms. The molecule has 0 amide bonds. The van der Waals surface area contributed by atoms with E-state index in [9.17, 15) is 15.0 Å². The first-order chi connectivity index (χ1) is 11.5. The van der Waals surface area contributed by atoms with Crippen molar-refractivity contribution in [3.05, 3.63) is 0 Å². The summed E-state index contributed by atoms with van der Waals surface area (Å²) in [6.07, 6.45) is 1.58. The predicted molar refractivity (Wildman–Crippen MR) is 87.4 cm³/mol. The summed E-state index contributed by atoms with van der Waals surface area (Å²) in [6.45, 7) is 3.96. The SMILES string of the molecule is CCCCCCCCO[C@@H]1O[C@H](COC)[C@@H](O)[C@H](OC(C)=O)[C@H]1O. The van der Waals surface area contributed by atoms with Crippen molar-refractivity contribution in [2.75, 3.05) is 20.3 Å². The molecule has 0 radical (unpaired) electrons. The first-order valence-corrected chi connectivity index (χ1v) is 8.80. The van der Waals surface area contributed by atoms with Gasteiger partial charge in [-0.25, -0.2) is 0 Å². The average Bonchev–Trinajstić information content (AvgIpc) is 2.54. The Hall–Kier alpha value is -0.730. The van der Waals surface area contributed by atoms with Crippen molar-refractivity contribution in [2.45, 2.75) is 83.1 Å². The van der Waals surface area contributed by atoms with E-state index in [1.807, 2.05) is 0 Å². The molecule has 142 valence electrons. The Balaban J connectivity index is 2.47. The van der Waals surface area contributed by atoms with Crippen molar-refractivity contribution in [3.63, 3.8) is 0 Å². The van der Waals surface area contributed by atoms with E-state index in [-0.39, 0.29) is 6.61 Å². The molecule has 1 saturated heterocycles. The number of aliphatic hydroxyl groups is 2. The van der Waals surface area contributed by atoms with E-state index >= 15 is 0 Å². The van der Waals surface area contributed by atoms with Crippen LogP contribution < -0.4 is 0 Å². The minimum absolute atomic E-state index is 0.114. The second-order valence-corrected chi connectivity index (χ2v) is 6.19. The maximum Gasteiger partial charge on any atom is 0.303 e. The molecule has 1 heterocycles. The number of esters is 1. The maximum atomic E-state index is 11.2. The molecule has 1 rings (SSSR count). The van der Waals surface area contributed by atoms with E-state index in [0.717, 1.165) is 19.3 Å². The Morgan fingerprint density at radius 1 is 1.08 bits per heavy atom. The van der Waals surface area contributed by atoms with Crippen LogP contribution in [0.25, 0.3) is 0 Å². The summed E-state index contributed by atoms with van der Waals surface area (Å²) in [4.78, 5) is 11.2. The van der Waals surface area contributed by atoms with Crippen molar-refractivity contribution < 1.29 is 34.0 Å². The predicted octanol–water partition coefficient (Wildman–Crippen LogP) is 1.39. The van der Waals surface area contributed by atoms with Gasteiger partial charge in [0.15, 0.2) is 12.4 Å². The van der Waals surface area contributed by atoms with Crippen molar-refractivity contribution in [3.8, 4) is 0 Å². The van der Waals surface area contributed by atoms with Crippen LogP contribution in [0.5, 0.6) is 0 Å². The smallest absolute Gasteiger partial charge is 0.303 e.